The first-order valence-electron chi connectivity index (χ1n) is 4.88. The standard InChI is InChI=1S/C11H14O3/c1-8-7-9(2)14-11(13-8)5-3-10(12)4-6-11/h3-6,8-9H,7H2,1-2H3/t8-,9+. The quantitative estimate of drug-likeness (QED) is 0.587. The molecule has 14 heavy (non-hydrogen) atoms. The molecule has 1 saturated heterocycles. The van der Waals surface area contributed by atoms with E-state index in [0.717, 1.165) is 6.42 Å². The molecule has 0 saturated carbocycles. The lowest BCUT2D eigenvalue weighted by atomic mass is 10.0. The number of carbonyl (C=O) groups is 1. The van der Waals surface area contributed by atoms with Crippen LogP contribution in [0.5, 0.6) is 0 Å². The first-order valence-corrected chi connectivity index (χ1v) is 4.88. The Morgan fingerprint density at radius 1 is 1.21 bits per heavy atom. The van der Waals surface area contributed by atoms with Gasteiger partial charge in [0.25, 0.3) is 0 Å². The van der Waals surface area contributed by atoms with E-state index in [9.17, 15) is 4.79 Å². The number of carbonyl (C=O) groups excluding carboxylic acids is 1. The van der Waals surface area contributed by atoms with Gasteiger partial charge in [0.1, 0.15) is 0 Å². The second kappa shape index (κ2) is 3.33. The van der Waals surface area contributed by atoms with Crippen molar-refractivity contribution < 1.29 is 14.3 Å². The molecular formula is C11H14O3. The lowest BCUT2D eigenvalue weighted by Gasteiger charge is -2.40. The Morgan fingerprint density at radius 3 is 2.21 bits per heavy atom. The topological polar surface area (TPSA) is 35.5 Å². The first kappa shape index (κ1) is 9.62. The van der Waals surface area contributed by atoms with Crippen molar-refractivity contribution >= 4 is 5.78 Å². The van der Waals surface area contributed by atoms with Crippen molar-refractivity contribution in [2.45, 2.75) is 38.3 Å². The highest BCUT2D eigenvalue weighted by atomic mass is 16.7. The van der Waals surface area contributed by atoms with Crippen LogP contribution in [0.4, 0.5) is 0 Å². The summed E-state index contributed by atoms with van der Waals surface area (Å²) >= 11 is 0. The molecule has 1 aliphatic carbocycles. The van der Waals surface area contributed by atoms with Crippen LogP contribution in [0, 0.1) is 0 Å². The average Bonchev–Trinajstić information content (AvgIpc) is 2.09. The maximum atomic E-state index is 11.0. The van der Waals surface area contributed by atoms with E-state index in [1.165, 1.54) is 12.2 Å². The van der Waals surface area contributed by atoms with Gasteiger partial charge in [-0.15, -0.1) is 0 Å². The molecule has 0 aromatic rings. The molecule has 0 aromatic heterocycles. The molecule has 0 unspecified atom stereocenters. The molecule has 1 aliphatic heterocycles. The van der Waals surface area contributed by atoms with Crippen LogP contribution in [0.25, 0.3) is 0 Å². The number of rotatable bonds is 0. The van der Waals surface area contributed by atoms with Gasteiger partial charge in [-0.25, -0.2) is 0 Å². The largest absolute Gasteiger partial charge is 0.340 e. The molecule has 76 valence electrons. The lowest BCUT2D eigenvalue weighted by molar-refractivity contribution is -0.259. The highest BCUT2D eigenvalue weighted by molar-refractivity contribution is 6.00. The average molecular weight is 194 g/mol. The minimum absolute atomic E-state index is 0.0197. The van der Waals surface area contributed by atoms with Crippen molar-refractivity contribution in [3.63, 3.8) is 0 Å². The zero-order valence-electron chi connectivity index (χ0n) is 8.40. The summed E-state index contributed by atoms with van der Waals surface area (Å²) in [5.74, 6) is -0.820. The second-order valence-corrected chi connectivity index (χ2v) is 3.88. The lowest BCUT2D eigenvalue weighted by Crippen LogP contribution is -2.45. The van der Waals surface area contributed by atoms with Gasteiger partial charge in [-0.1, -0.05) is 0 Å². The molecule has 2 aliphatic rings. The van der Waals surface area contributed by atoms with Crippen LogP contribution in [0.15, 0.2) is 24.3 Å². The van der Waals surface area contributed by atoms with Crippen LogP contribution >= 0.6 is 0 Å². The maximum absolute atomic E-state index is 11.0. The highest BCUT2D eigenvalue weighted by Gasteiger charge is 2.37. The fourth-order valence-corrected chi connectivity index (χ4v) is 1.89. The van der Waals surface area contributed by atoms with E-state index in [1.54, 1.807) is 12.2 Å². The monoisotopic (exact) mass is 194 g/mol. The Kier molecular flexibility index (Phi) is 2.29. The summed E-state index contributed by atoms with van der Waals surface area (Å²) in [7, 11) is 0. The summed E-state index contributed by atoms with van der Waals surface area (Å²) in [6.45, 7) is 4.03. The molecule has 3 nitrogen and oxygen atoms in total. The Hall–Kier alpha value is -0.930. The van der Waals surface area contributed by atoms with Gasteiger partial charge in [0, 0.05) is 0 Å². The van der Waals surface area contributed by atoms with E-state index < -0.39 is 5.79 Å². The Bertz CT molecular complexity index is 276. The molecular weight excluding hydrogens is 180 g/mol. The minimum Gasteiger partial charge on any atom is -0.340 e. The summed E-state index contributed by atoms with van der Waals surface area (Å²) in [6.07, 6.45) is 7.54. The summed E-state index contributed by atoms with van der Waals surface area (Å²) in [4.78, 5) is 11.0. The molecule has 2 rings (SSSR count). The van der Waals surface area contributed by atoms with E-state index >= 15 is 0 Å². The SMILES string of the molecule is C[C@@H]1C[C@H](C)OC2(C=CC(=O)C=C2)O1. The molecule has 1 spiro atoms. The van der Waals surface area contributed by atoms with E-state index in [-0.39, 0.29) is 18.0 Å². The molecule has 0 amide bonds. The number of hydrogen-bond acceptors (Lipinski definition) is 3. The Morgan fingerprint density at radius 2 is 1.71 bits per heavy atom. The third-order valence-corrected chi connectivity index (χ3v) is 2.39. The van der Waals surface area contributed by atoms with Crippen LogP contribution in [-0.4, -0.2) is 23.8 Å². The van der Waals surface area contributed by atoms with Crippen LogP contribution in [0.1, 0.15) is 20.3 Å². The Balaban J connectivity index is 2.19. The van der Waals surface area contributed by atoms with Gasteiger partial charge >= 0.3 is 0 Å². The maximum Gasteiger partial charge on any atom is 0.209 e. The smallest absolute Gasteiger partial charge is 0.209 e. The van der Waals surface area contributed by atoms with E-state index in [1.807, 2.05) is 13.8 Å². The predicted molar refractivity (Wildman–Crippen MR) is 51.7 cm³/mol. The van der Waals surface area contributed by atoms with Crippen LogP contribution in [0.2, 0.25) is 0 Å². The van der Waals surface area contributed by atoms with Crippen molar-refractivity contribution in [2.75, 3.05) is 0 Å². The number of ether oxygens (including phenoxy) is 2. The third kappa shape index (κ3) is 1.79. The van der Waals surface area contributed by atoms with Crippen LogP contribution in [-0.2, 0) is 14.3 Å². The number of hydrogen-bond donors (Lipinski definition) is 0. The van der Waals surface area contributed by atoms with E-state index in [2.05, 4.69) is 0 Å². The van der Waals surface area contributed by atoms with Crippen molar-refractivity contribution in [2.24, 2.45) is 0 Å². The molecule has 0 aromatic carbocycles. The second-order valence-electron chi connectivity index (χ2n) is 3.88. The van der Waals surface area contributed by atoms with Crippen LogP contribution < -0.4 is 0 Å². The zero-order valence-corrected chi connectivity index (χ0v) is 8.40. The summed E-state index contributed by atoms with van der Waals surface area (Å²) in [5, 5.41) is 0. The molecule has 1 fully saturated rings. The normalized spacial score (nSPS) is 35.1. The van der Waals surface area contributed by atoms with Gasteiger partial charge in [-0.05, 0) is 44.6 Å². The van der Waals surface area contributed by atoms with Crippen molar-refractivity contribution in [3.8, 4) is 0 Å². The molecule has 3 heteroatoms. The zero-order chi connectivity index (χ0) is 10.2. The van der Waals surface area contributed by atoms with Gasteiger partial charge in [0.2, 0.25) is 5.79 Å². The molecule has 0 radical (unpaired) electrons. The summed E-state index contributed by atoms with van der Waals surface area (Å²) in [5.41, 5.74) is 0. The third-order valence-electron chi connectivity index (χ3n) is 2.39. The van der Waals surface area contributed by atoms with Crippen LogP contribution in [0.3, 0.4) is 0 Å². The van der Waals surface area contributed by atoms with Crippen molar-refractivity contribution in [1.82, 2.24) is 0 Å². The first-order chi connectivity index (χ1) is 6.60. The minimum atomic E-state index is -0.801. The van der Waals surface area contributed by atoms with Gasteiger partial charge in [-0.3, -0.25) is 4.79 Å². The Labute approximate surface area is 83.4 Å². The summed E-state index contributed by atoms with van der Waals surface area (Å²) < 4.78 is 11.4. The van der Waals surface area contributed by atoms with Crippen molar-refractivity contribution in [3.05, 3.63) is 24.3 Å². The van der Waals surface area contributed by atoms with E-state index in [0.29, 0.717) is 0 Å². The molecule has 0 bridgehead atoms. The number of ketones is 1. The van der Waals surface area contributed by atoms with Gasteiger partial charge in [0.15, 0.2) is 5.78 Å². The fraction of sp³-hybridized carbons (Fsp3) is 0.545. The number of allylic oxidation sites excluding steroid dienone is 2. The molecule has 1 heterocycles. The van der Waals surface area contributed by atoms with Crippen molar-refractivity contribution in [1.29, 1.82) is 0 Å². The predicted octanol–water partition coefficient (Wildman–Crippen LogP) is 1.59. The van der Waals surface area contributed by atoms with Gasteiger partial charge in [-0.2, -0.15) is 0 Å². The summed E-state index contributed by atoms with van der Waals surface area (Å²) in [6, 6.07) is 0. The molecule has 2 atom stereocenters. The van der Waals surface area contributed by atoms with Gasteiger partial charge in [0.05, 0.1) is 12.2 Å². The molecule has 0 N–H and O–H groups in total. The van der Waals surface area contributed by atoms with E-state index in [4.69, 9.17) is 9.47 Å². The highest BCUT2D eigenvalue weighted by Crippen LogP contribution is 2.31. The fourth-order valence-electron chi connectivity index (χ4n) is 1.89. The van der Waals surface area contributed by atoms with Gasteiger partial charge < -0.3 is 9.47 Å².